The van der Waals surface area contributed by atoms with Crippen LogP contribution in [0.5, 0.6) is 0 Å². The third kappa shape index (κ3) is 4.14. The van der Waals surface area contributed by atoms with Crippen LogP contribution in [-0.4, -0.2) is 35.4 Å². The van der Waals surface area contributed by atoms with Crippen molar-refractivity contribution in [2.24, 2.45) is 0 Å². The van der Waals surface area contributed by atoms with Gasteiger partial charge in [-0.15, -0.1) is 11.3 Å². The predicted octanol–water partition coefficient (Wildman–Crippen LogP) is 4.93. The third-order valence-corrected chi connectivity index (χ3v) is 6.46. The van der Waals surface area contributed by atoms with Crippen LogP contribution in [0, 0.1) is 6.92 Å². The molecule has 28 heavy (non-hydrogen) atoms. The van der Waals surface area contributed by atoms with Crippen LogP contribution >= 0.6 is 22.9 Å². The van der Waals surface area contributed by atoms with Crippen LogP contribution in [0.2, 0.25) is 5.02 Å². The second kappa shape index (κ2) is 8.47. The fourth-order valence-corrected chi connectivity index (χ4v) is 4.65. The first-order valence-corrected chi connectivity index (χ1v) is 10.6. The number of aromatic nitrogens is 1. The van der Waals surface area contributed by atoms with Gasteiger partial charge in [-0.1, -0.05) is 23.7 Å². The molecule has 1 aliphatic rings. The van der Waals surface area contributed by atoms with E-state index < -0.39 is 0 Å². The quantitative estimate of drug-likeness (QED) is 0.620. The summed E-state index contributed by atoms with van der Waals surface area (Å²) in [6.07, 6.45) is 4.05. The molecule has 0 bridgehead atoms. The average molecular weight is 416 g/mol. The Hall–Kier alpha value is -2.15. The Kier molecular flexibility index (Phi) is 5.80. The molecule has 5 nitrogen and oxygen atoms in total. The number of nitrogens with zero attached hydrogens (tertiary/aromatic N) is 2. The van der Waals surface area contributed by atoms with Crippen LogP contribution in [-0.2, 0) is 0 Å². The first-order valence-electron chi connectivity index (χ1n) is 9.41. The van der Waals surface area contributed by atoms with Gasteiger partial charge in [0.15, 0.2) is 0 Å². The molecule has 1 saturated heterocycles. The zero-order chi connectivity index (χ0) is 19.5. The summed E-state index contributed by atoms with van der Waals surface area (Å²) < 4.78 is 5.63. The molecule has 146 valence electrons. The Morgan fingerprint density at radius 2 is 2.04 bits per heavy atom. The number of furan rings is 1. The number of hydrogen-bond donors (Lipinski definition) is 1. The highest BCUT2D eigenvalue weighted by Crippen LogP contribution is 2.29. The Labute approximate surface area is 173 Å². The smallest absolute Gasteiger partial charge is 0.263 e. The number of likely N-dealkylation sites (tertiary alicyclic amines) is 1. The number of nitrogens with one attached hydrogen (secondary N) is 1. The highest BCUT2D eigenvalue weighted by molar-refractivity contribution is 7.17. The molecule has 0 saturated carbocycles. The average Bonchev–Trinajstić information content (AvgIpc) is 3.45. The minimum Gasteiger partial charge on any atom is -0.468 e. The largest absolute Gasteiger partial charge is 0.468 e. The zero-order valence-corrected chi connectivity index (χ0v) is 17.2. The first-order chi connectivity index (χ1) is 13.6. The summed E-state index contributed by atoms with van der Waals surface area (Å²) in [5.41, 5.74) is 1.70. The second-order valence-corrected chi connectivity index (χ2v) is 8.36. The van der Waals surface area contributed by atoms with Gasteiger partial charge >= 0.3 is 0 Å². The number of rotatable bonds is 6. The molecule has 1 aliphatic heterocycles. The Bertz CT molecular complexity index is 931. The molecule has 7 heteroatoms. The summed E-state index contributed by atoms with van der Waals surface area (Å²) in [5.74, 6) is 0.802. The summed E-state index contributed by atoms with van der Waals surface area (Å²) in [7, 11) is 0. The minimum atomic E-state index is -0.0917. The van der Waals surface area contributed by atoms with Crippen molar-refractivity contribution in [1.82, 2.24) is 15.2 Å². The van der Waals surface area contributed by atoms with Gasteiger partial charge in [0.2, 0.25) is 0 Å². The maximum absolute atomic E-state index is 12.8. The fourth-order valence-electron chi connectivity index (χ4n) is 3.54. The summed E-state index contributed by atoms with van der Waals surface area (Å²) in [4.78, 5) is 20.4. The molecule has 2 aromatic heterocycles. The van der Waals surface area contributed by atoms with E-state index in [0.29, 0.717) is 16.4 Å². The number of halogens is 1. The molecule has 0 radical (unpaired) electrons. The SMILES string of the molecule is Cc1nc(-c2ccc(Cl)cc2)sc1C(=O)NCC(c1ccco1)N1CCCC1. The van der Waals surface area contributed by atoms with Crippen LogP contribution in [0.25, 0.3) is 10.6 Å². The molecule has 0 aliphatic carbocycles. The molecule has 1 N–H and O–H groups in total. The lowest BCUT2D eigenvalue weighted by atomic mass is 10.2. The molecule has 1 aromatic carbocycles. The molecular weight excluding hydrogens is 394 g/mol. The van der Waals surface area contributed by atoms with E-state index in [4.69, 9.17) is 16.0 Å². The molecular formula is C21H22ClN3O2S. The summed E-state index contributed by atoms with van der Waals surface area (Å²) >= 11 is 7.36. The molecule has 1 fully saturated rings. The molecule has 3 heterocycles. The van der Waals surface area contributed by atoms with E-state index in [2.05, 4.69) is 15.2 Å². The number of amides is 1. The van der Waals surface area contributed by atoms with Crippen molar-refractivity contribution < 1.29 is 9.21 Å². The van der Waals surface area contributed by atoms with Crippen LogP contribution < -0.4 is 5.32 Å². The standard InChI is InChI=1S/C21H22ClN3O2S/c1-14-19(28-21(24-14)15-6-8-16(22)9-7-15)20(26)23-13-17(18-5-4-12-27-18)25-10-2-3-11-25/h4-9,12,17H,2-3,10-11,13H2,1H3,(H,23,26). The van der Waals surface area contributed by atoms with E-state index in [1.54, 1.807) is 6.26 Å². The van der Waals surface area contributed by atoms with Crippen LogP contribution in [0.15, 0.2) is 47.1 Å². The maximum Gasteiger partial charge on any atom is 0.263 e. The van der Waals surface area contributed by atoms with Crippen LogP contribution in [0.4, 0.5) is 0 Å². The first kappa shape index (κ1) is 19.2. The predicted molar refractivity (Wildman–Crippen MR) is 112 cm³/mol. The van der Waals surface area contributed by atoms with Gasteiger partial charge in [-0.25, -0.2) is 4.98 Å². The second-order valence-electron chi connectivity index (χ2n) is 6.92. The monoisotopic (exact) mass is 415 g/mol. The minimum absolute atomic E-state index is 0.0606. The van der Waals surface area contributed by atoms with Gasteiger partial charge in [0.25, 0.3) is 5.91 Å². The Morgan fingerprint density at radius 1 is 1.29 bits per heavy atom. The highest BCUT2D eigenvalue weighted by atomic mass is 35.5. The van der Waals surface area contributed by atoms with Crippen molar-refractivity contribution >= 4 is 28.8 Å². The lowest BCUT2D eigenvalue weighted by Crippen LogP contribution is -2.36. The molecule has 4 rings (SSSR count). The van der Waals surface area contributed by atoms with Gasteiger partial charge in [-0.2, -0.15) is 0 Å². The number of aryl methyl sites for hydroxylation is 1. The summed E-state index contributed by atoms with van der Waals surface area (Å²) in [5, 5.41) is 4.59. The number of thiazole rings is 1. The van der Waals surface area contributed by atoms with E-state index in [-0.39, 0.29) is 11.9 Å². The molecule has 1 unspecified atom stereocenters. The van der Waals surface area contributed by atoms with Crippen molar-refractivity contribution in [3.05, 3.63) is 64.0 Å². The number of hydrogen-bond acceptors (Lipinski definition) is 5. The van der Waals surface area contributed by atoms with Gasteiger partial charge in [-0.05, 0) is 57.1 Å². The van der Waals surface area contributed by atoms with Gasteiger partial charge in [0.1, 0.15) is 15.6 Å². The Balaban J connectivity index is 1.47. The highest BCUT2D eigenvalue weighted by Gasteiger charge is 2.26. The van der Waals surface area contributed by atoms with Gasteiger partial charge < -0.3 is 9.73 Å². The zero-order valence-electron chi connectivity index (χ0n) is 15.7. The van der Waals surface area contributed by atoms with E-state index in [0.717, 1.165) is 35.1 Å². The Morgan fingerprint density at radius 3 is 2.71 bits per heavy atom. The van der Waals surface area contributed by atoms with Gasteiger partial charge in [0.05, 0.1) is 18.0 Å². The van der Waals surface area contributed by atoms with Crippen molar-refractivity contribution in [3.63, 3.8) is 0 Å². The molecule has 1 atom stereocenters. The van der Waals surface area contributed by atoms with Gasteiger partial charge in [-0.3, -0.25) is 9.69 Å². The molecule has 0 spiro atoms. The van der Waals surface area contributed by atoms with E-state index in [1.165, 1.54) is 24.2 Å². The van der Waals surface area contributed by atoms with Gasteiger partial charge in [0, 0.05) is 17.1 Å². The number of benzene rings is 1. The normalized spacial score (nSPS) is 15.6. The van der Waals surface area contributed by atoms with Crippen molar-refractivity contribution in [1.29, 1.82) is 0 Å². The number of carbonyl (C=O) groups excluding carboxylic acids is 1. The lowest BCUT2D eigenvalue weighted by Gasteiger charge is -2.25. The van der Waals surface area contributed by atoms with Crippen molar-refractivity contribution in [2.45, 2.75) is 25.8 Å². The van der Waals surface area contributed by atoms with Crippen molar-refractivity contribution in [2.75, 3.05) is 19.6 Å². The third-order valence-electron chi connectivity index (χ3n) is 5.00. The van der Waals surface area contributed by atoms with E-state index >= 15 is 0 Å². The lowest BCUT2D eigenvalue weighted by molar-refractivity contribution is 0.0937. The summed E-state index contributed by atoms with van der Waals surface area (Å²) in [6.45, 7) is 4.44. The maximum atomic E-state index is 12.8. The fraction of sp³-hybridized carbons (Fsp3) is 0.333. The van der Waals surface area contributed by atoms with E-state index in [1.807, 2.05) is 43.3 Å². The number of carbonyl (C=O) groups is 1. The van der Waals surface area contributed by atoms with Crippen LogP contribution in [0.1, 0.15) is 40.0 Å². The molecule has 3 aromatic rings. The summed E-state index contributed by atoms with van der Waals surface area (Å²) in [6, 6.07) is 11.4. The topological polar surface area (TPSA) is 58.4 Å². The molecule has 1 amide bonds. The van der Waals surface area contributed by atoms with E-state index in [9.17, 15) is 4.79 Å². The van der Waals surface area contributed by atoms with Crippen LogP contribution in [0.3, 0.4) is 0 Å². The van der Waals surface area contributed by atoms with Crippen molar-refractivity contribution in [3.8, 4) is 10.6 Å².